The van der Waals surface area contributed by atoms with E-state index < -0.39 is 11.9 Å². The molecule has 2 aromatic carbocycles. The molecule has 9 heteroatoms. The van der Waals surface area contributed by atoms with Crippen molar-refractivity contribution in [2.75, 3.05) is 39.4 Å². The van der Waals surface area contributed by atoms with E-state index in [0.29, 0.717) is 42.2 Å². The summed E-state index contributed by atoms with van der Waals surface area (Å²) >= 11 is 3.17. The van der Waals surface area contributed by atoms with Crippen LogP contribution >= 0.6 is 15.9 Å². The first-order chi connectivity index (χ1) is 14.5. The van der Waals surface area contributed by atoms with Crippen LogP contribution < -0.4 is 14.2 Å². The number of benzene rings is 2. The molecule has 0 bridgehead atoms. The number of ether oxygens (including phenoxy) is 3. The molecule has 0 spiro atoms. The quantitative estimate of drug-likeness (QED) is 0.675. The second-order valence-corrected chi connectivity index (χ2v) is 7.85. The lowest BCUT2D eigenvalue weighted by Crippen LogP contribution is -2.55. The highest BCUT2D eigenvalue weighted by Gasteiger charge is 2.33. The summed E-state index contributed by atoms with van der Waals surface area (Å²) in [4.78, 5) is 28.4. The van der Waals surface area contributed by atoms with Crippen LogP contribution in [0.25, 0.3) is 0 Å². The maximum absolute atomic E-state index is 13.8. The Hall–Kier alpha value is -2.81. The van der Waals surface area contributed by atoms with E-state index in [-0.39, 0.29) is 30.8 Å². The Labute approximate surface area is 181 Å². The lowest BCUT2D eigenvalue weighted by atomic mass is 10.2. The number of carbonyl (C=O) groups excluding carboxylic acids is 2. The van der Waals surface area contributed by atoms with Crippen molar-refractivity contribution in [2.24, 2.45) is 0 Å². The Bertz CT molecular complexity index is 949. The van der Waals surface area contributed by atoms with Crippen molar-refractivity contribution < 1.29 is 28.2 Å². The zero-order chi connectivity index (χ0) is 21.1. The highest BCUT2D eigenvalue weighted by atomic mass is 79.9. The standard InChI is InChI=1S/C21H20BrFN2O5/c22-14-5-6-16(15(23)11-14)29-13-20(26)24-7-9-25(10-8-24)21(27)19-12-28-17-3-1-2-4-18(17)30-19/h1-6,11,19H,7-10,12-13H2/t19-/m0/s1. The van der Waals surface area contributed by atoms with Crippen LogP contribution in [0.3, 0.4) is 0 Å². The predicted molar refractivity (Wildman–Crippen MR) is 109 cm³/mol. The van der Waals surface area contributed by atoms with Crippen molar-refractivity contribution in [3.63, 3.8) is 0 Å². The van der Waals surface area contributed by atoms with Crippen LogP contribution in [-0.4, -0.2) is 67.1 Å². The molecule has 4 rings (SSSR count). The summed E-state index contributed by atoms with van der Waals surface area (Å²) in [5.41, 5.74) is 0. The lowest BCUT2D eigenvalue weighted by Gasteiger charge is -2.37. The zero-order valence-corrected chi connectivity index (χ0v) is 17.6. The highest BCUT2D eigenvalue weighted by Crippen LogP contribution is 2.31. The Morgan fingerprint density at radius 2 is 1.77 bits per heavy atom. The molecule has 0 radical (unpaired) electrons. The normalized spacial score (nSPS) is 18.1. The third-order valence-electron chi connectivity index (χ3n) is 4.97. The second-order valence-electron chi connectivity index (χ2n) is 6.93. The van der Waals surface area contributed by atoms with Crippen LogP contribution in [0.2, 0.25) is 0 Å². The van der Waals surface area contributed by atoms with Crippen molar-refractivity contribution in [3.05, 3.63) is 52.8 Å². The van der Waals surface area contributed by atoms with Crippen molar-refractivity contribution in [2.45, 2.75) is 6.10 Å². The van der Waals surface area contributed by atoms with E-state index in [1.807, 2.05) is 12.1 Å². The van der Waals surface area contributed by atoms with Gasteiger partial charge in [-0.15, -0.1) is 0 Å². The molecule has 30 heavy (non-hydrogen) atoms. The Kier molecular flexibility index (Phi) is 6.08. The Morgan fingerprint density at radius 3 is 2.50 bits per heavy atom. The third-order valence-corrected chi connectivity index (χ3v) is 5.47. The van der Waals surface area contributed by atoms with E-state index in [1.54, 1.807) is 28.0 Å². The van der Waals surface area contributed by atoms with E-state index >= 15 is 0 Å². The summed E-state index contributed by atoms with van der Waals surface area (Å²) in [7, 11) is 0. The molecule has 2 aliphatic rings. The van der Waals surface area contributed by atoms with Gasteiger partial charge in [-0.3, -0.25) is 9.59 Å². The largest absolute Gasteiger partial charge is 0.485 e. The minimum atomic E-state index is -0.703. The molecule has 0 aromatic heterocycles. The number of rotatable bonds is 4. The molecule has 2 aliphatic heterocycles. The molecule has 158 valence electrons. The van der Waals surface area contributed by atoms with Gasteiger partial charge in [0.25, 0.3) is 11.8 Å². The van der Waals surface area contributed by atoms with Crippen molar-refractivity contribution in [1.29, 1.82) is 0 Å². The molecule has 2 aromatic rings. The van der Waals surface area contributed by atoms with Crippen LogP contribution in [0.1, 0.15) is 0 Å². The summed E-state index contributed by atoms with van der Waals surface area (Å²) in [5.74, 6) is 0.242. The number of hydrogen-bond donors (Lipinski definition) is 0. The fraction of sp³-hybridized carbons (Fsp3) is 0.333. The van der Waals surface area contributed by atoms with Crippen molar-refractivity contribution in [3.8, 4) is 17.2 Å². The lowest BCUT2D eigenvalue weighted by molar-refractivity contribution is -0.146. The van der Waals surface area contributed by atoms with Crippen LogP contribution in [0.4, 0.5) is 4.39 Å². The average molecular weight is 479 g/mol. The number of nitrogens with zero attached hydrogens (tertiary/aromatic N) is 2. The van der Waals surface area contributed by atoms with Gasteiger partial charge < -0.3 is 24.0 Å². The van der Waals surface area contributed by atoms with E-state index in [1.165, 1.54) is 12.1 Å². The minimum absolute atomic E-state index is 0.0232. The molecule has 2 heterocycles. The third kappa shape index (κ3) is 4.51. The van der Waals surface area contributed by atoms with Crippen LogP contribution in [0, 0.1) is 5.82 Å². The molecule has 2 amide bonds. The van der Waals surface area contributed by atoms with Crippen LogP contribution in [0.5, 0.6) is 17.2 Å². The van der Waals surface area contributed by atoms with Gasteiger partial charge >= 0.3 is 0 Å². The van der Waals surface area contributed by atoms with Gasteiger partial charge in [-0.1, -0.05) is 28.1 Å². The fourth-order valence-corrected chi connectivity index (χ4v) is 3.68. The molecule has 1 atom stereocenters. The summed E-state index contributed by atoms with van der Waals surface area (Å²) in [6.45, 7) is 1.42. The number of para-hydroxylation sites is 2. The number of fused-ring (bicyclic) bond motifs is 1. The fourth-order valence-electron chi connectivity index (χ4n) is 3.34. The smallest absolute Gasteiger partial charge is 0.267 e. The Balaban J connectivity index is 1.26. The van der Waals surface area contributed by atoms with Crippen LogP contribution in [0.15, 0.2) is 46.9 Å². The van der Waals surface area contributed by atoms with Gasteiger partial charge in [0.15, 0.2) is 29.7 Å². The number of piperazine rings is 1. The Morgan fingerprint density at radius 1 is 1.07 bits per heavy atom. The maximum Gasteiger partial charge on any atom is 0.267 e. The second kappa shape index (κ2) is 8.91. The number of hydrogen-bond acceptors (Lipinski definition) is 5. The first-order valence-corrected chi connectivity index (χ1v) is 10.3. The summed E-state index contributed by atoms with van der Waals surface area (Å²) < 4.78 is 31.1. The zero-order valence-electron chi connectivity index (χ0n) is 16.1. The van der Waals surface area contributed by atoms with Crippen LogP contribution in [-0.2, 0) is 9.59 Å². The van der Waals surface area contributed by atoms with Gasteiger partial charge in [0.2, 0.25) is 6.10 Å². The highest BCUT2D eigenvalue weighted by molar-refractivity contribution is 9.10. The van der Waals surface area contributed by atoms with Gasteiger partial charge in [-0.05, 0) is 30.3 Å². The number of halogens is 2. The van der Waals surface area contributed by atoms with Gasteiger partial charge in [0.1, 0.15) is 6.61 Å². The monoisotopic (exact) mass is 478 g/mol. The minimum Gasteiger partial charge on any atom is -0.485 e. The van der Waals surface area contributed by atoms with Crippen molar-refractivity contribution >= 4 is 27.7 Å². The number of amides is 2. The van der Waals surface area contributed by atoms with Gasteiger partial charge in [0, 0.05) is 30.7 Å². The number of carbonyl (C=O) groups is 2. The van der Waals surface area contributed by atoms with Gasteiger partial charge in [-0.2, -0.15) is 0 Å². The van der Waals surface area contributed by atoms with E-state index in [2.05, 4.69) is 15.9 Å². The SMILES string of the molecule is O=C(COc1ccc(Br)cc1F)N1CCN(C(=O)[C@@H]2COc3ccccc3O2)CC1. The first-order valence-electron chi connectivity index (χ1n) is 9.54. The van der Waals surface area contributed by atoms with E-state index in [0.717, 1.165) is 0 Å². The van der Waals surface area contributed by atoms with Gasteiger partial charge in [-0.25, -0.2) is 4.39 Å². The van der Waals surface area contributed by atoms with E-state index in [4.69, 9.17) is 14.2 Å². The molecule has 1 fully saturated rings. The summed E-state index contributed by atoms with van der Waals surface area (Å²) in [6, 6.07) is 11.6. The van der Waals surface area contributed by atoms with Gasteiger partial charge in [0.05, 0.1) is 0 Å². The molecular weight excluding hydrogens is 459 g/mol. The average Bonchev–Trinajstić information content (AvgIpc) is 2.77. The first kappa shape index (κ1) is 20.5. The maximum atomic E-state index is 13.8. The predicted octanol–water partition coefficient (Wildman–Crippen LogP) is 2.48. The summed E-state index contributed by atoms with van der Waals surface area (Å²) in [5, 5.41) is 0. The molecule has 7 nitrogen and oxygen atoms in total. The molecule has 1 saturated heterocycles. The molecule has 0 aliphatic carbocycles. The summed E-state index contributed by atoms with van der Waals surface area (Å²) in [6.07, 6.45) is -0.703. The molecule has 0 N–H and O–H groups in total. The molecule has 0 unspecified atom stereocenters. The van der Waals surface area contributed by atoms with E-state index in [9.17, 15) is 14.0 Å². The van der Waals surface area contributed by atoms with Crippen molar-refractivity contribution in [1.82, 2.24) is 9.80 Å². The molecule has 0 saturated carbocycles. The topological polar surface area (TPSA) is 68.3 Å². The molecular formula is C21H20BrFN2O5.